The summed E-state index contributed by atoms with van der Waals surface area (Å²) in [4.78, 5) is 98.7. The van der Waals surface area contributed by atoms with E-state index in [9.17, 15) is 33.9 Å². The molecule has 0 bridgehead atoms. The van der Waals surface area contributed by atoms with Gasteiger partial charge in [-0.25, -0.2) is 19.9 Å². The number of aldehydes is 1. The number of hydrogen-bond acceptors (Lipinski definition) is 16. The van der Waals surface area contributed by atoms with Gasteiger partial charge < -0.3 is 38.3 Å². The Morgan fingerprint density at radius 3 is 1.18 bits per heavy atom. The second-order valence-corrected chi connectivity index (χ2v) is 36.4. The van der Waals surface area contributed by atoms with Gasteiger partial charge in [0.1, 0.15) is 23.9 Å². The lowest BCUT2D eigenvalue weighted by atomic mass is 9.66. The Balaban J connectivity index is 0.000000117. The van der Waals surface area contributed by atoms with Gasteiger partial charge in [0.05, 0.1) is 89.7 Å². The highest BCUT2D eigenvalue weighted by atomic mass is 16.7. The molecule has 17 heterocycles. The summed E-state index contributed by atoms with van der Waals surface area (Å²) >= 11 is 0. The molecular formula is C100H123N13O10. The number of nitrogens with zero attached hydrogens (tertiary/aromatic N) is 12. The first-order chi connectivity index (χ1) is 59.4. The predicted octanol–water partition coefficient (Wildman–Crippen LogP) is 17.1. The topological polar surface area (TPSA) is 256 Å². The number of aryl methyl sites for hydroxylation is 1. The Morgan fingerprint density at radius 2 is 0.854 bits per heavy atom. The van der Waals surface area contributed by atoms with Gasteiger partial charge in [0, 0.05) is 138 Å². The van der Waals surface area contributed by atoms with Crippen LogP contribution in [0.3, 0.4) is 0 Å². The predicted molar refractivity (Wildman–Crippen MR) is 481 cm³/mol. The zero-order valence-corrected chi connectivity index (χ0v) is 74.2. The maximum absolute atomic E-state index is 13.8. The van der Waals surface area contributed by atoms with Crippen molar-refractivity contribution >= 4 is 102 Å². The fourth-order valence-electron chi connectivity index (χ4n) is 24.0. The van der Waals surface area contributed by atoms with Crippen LogP contribution in [0, 0.1) is 51.8 Å². The Labute approximate surface area is 722 Å². The smallest absolute Gasteiger partial charge is 0.352 e. The molecule has 0 saturated carbocycles. The monoisotopic (exact) mass is 1670 g/mol. The highest BCUT2D eigenvalue weighted by Crippen LogP contribution is 2.62. The summed E-state index contributed by atoms with van der Waals surface area (Å²) in [5, 5.41) is 24.8. The first-order valence-corrected chi connectivity index (χ1v) is 45.1. The summed E-state index contributed by atoms with van der Waals surface area (Å²) in [5.74, 6) is -1.02. The van der Waals surface area contributed by atoms with Crippen molar-refractivity contribution in [3.8, 4) is 6.07 Å². The number of para-hydroxylation sites is 4. The number of aliphatic carboxylic acids is 1. The quantitative estimate of drug-likeness (QED) is 0.0634. The summed E-state index contributed by atoms with van der Waals surface area (Å²) < 4.78 is 14.9. The molecule has 21 rings (SSSR count). The lowest BCUT2D eigenvalue weighted by Crippen LogP contribution is -2.51. The van der Waals surface area contributed by atoms with E-state index in [-0.39, 0.29) is 63.8 Å². The number of ketones is 2. The van der Waals surface area contributed by atoms with Gasteiger partial charge in [-0.1, -0.05) is 114 Å². The van der Waals surface area contributed by atoms with Crippen molar-refractivity contribution < 1.29 is 48.0 Å². The van der Waals surface area contributed by atoms with Crippen LogP contribution in [-0.4, -0.2) is 180 Å². The van der Waals surface area contributed by atoms with Crippen molar-refractivity contribution in [2.45, 2.75) is 208 Å². The second kappa shape index (κ2) is 34.8. The Kier molecular flexibility index (Phi) is 24.4. The molecule has 3 N–H and O–H groups in total. The van der Waals surface area contributed by atoms with Crippen LogP contribution >= 0.6 is 0 Å². The first-order valence-electron chi connectivity index (χ1n) is 45.1. The average Bonchev–Trinajstić information content (AvgIpc) is 1.59. The average molecular weight is 1670 g/mol. The van der Waals surface area contributed by atoms with Gasteiger partial charge in [0.15, 0.2) is 11.6 Å². The molecule has 0 aliphatic carbocycles. The SMILES string of the molecule is CC#N.CC[C@@]12C=C(C(=O)C[C@@H](C)C(=O)N(C)OC)n3c4c(c5ccccc53)CCN(CCC1)[C@H]42.CC[C@@]12C=C(C(=O)C[C@@H](C)C=O)n3c4c(c5ccccc53)CCN(CCC1)[C@H]42.CC[C@@]12C=C(C(=O)O)n3c4c(c5ccccc53)CCN(CCC1)[C@H]42.CC[C@@]12C=C(c3nc(C)co3)n3c4c(c5ccccc53)CCN(CCC1)[C@H]42.CON(C)C(=O)[C@H](C)N. The summed E-state index contributed by atoms with van der Waals surface area (Å²) in [6, 6.07) is 36.9. The van der Waals surface area contributed by atoms with E-state index in [1.54, 1.807) is 31.9 Å². The molecular weight excluding hydrogens is 1540 g/mol. The van der Waals surface area contributed by atoms with Crippen LogP contribution in [0.4, 0.5) is 0 Å². The normalized spacial score (nSPS) is 25.2. The van der Waals surface area contributed by atoms with Crippen molar-refractivity contribution in [3.63, 3.8) is 0 Å². The number of carbonyl (C=O) groups is 6. The number of carboxylic acids is 1. The van der Waals surface area contributed by atoms with Crippen LogP contribution in [-0.2, 0) is 64.1 Å². The molecule has 2 amide bonds. The number of carboxylic acid groups (broad SMARTS) is 1. The van der Waals surface area contributed by atoms with Crippen LogP contribution in [0.25, 0.3) is 66.4 Å². The van der Waals surface area contributed by atoms with Gasteiger partial charge in [0.25, 0.3) is 5.91 Å². The summed E-state index contributed by atoms with van der Waals surface area (Å²) in [5.41, 5.74) is 25.2. The molecule has 11 atom stereocenters. The van der Waals surface area contributed by atoms with Crippen molar-refractivity contribution in [1.29, 1.82) is 5.26 Å². The van der Waals surface area contributed by atoms with Gasteiger partial charge in [-0.2, -0.15) is 5.26 Å². The third-order valence-corrected chi connectivity index (χ3v) is 29.8. The van der Waals surface area contributed by atoms with E-state index < -0.39 is 17.9 Å². The van der Waals surface area contributed by atoms with E-state index in [1.165, 1.54) is 132 Å². The molecule has 648 valence electrons. The number of amides is 2. The Hall–Kier alpha value is -10.2. The molecule has 12 aliphatic heterocycles. The van der Waals surface area contributed by atoms with Crippen molar-refractivity contribution in [3.05, 3.63) is 184 Å². The summed E-state index contributed by atoms with van der Waals surface area (Å²) in [6.07, 6.45) is 30.0. The van der Waals surface area contributed by atoms with Crippen molar-refractivity contribution in [2.75, 3.05) is 80.7 Å². The molecule has 123 heavy (non-hydrogen) atoms. The van der Waals surface area contributed by atoms with E-state index >= 15 is 0 Å². The Bertz CT molecular complexity index is 5800. The maximum Gasteiger partial charge on any atom is 0.352 e. The number of Topliss-reactive ketones (excluding diaryl/α,β-unsaturated/α-hetero) is 2. The van der Waals surface area contributed by atoms with Gasteiger partial charge in [-0.3, -0.25) is 48.5 Å². The number of oxazole rings is 1. The van der Waals surface area contributed by atoms with E-state index in [1.807, 2.05) is 31.4 Å². The Morgan fingerprint density at radius 1 is 0.528 bits per heavy atom. The second-order valence-electron chi connectivity index (χ2n) is 36.4. The molecule has 9 aromatic rings. The van der Waals surface area contributed by atoms with E-state index in [2.05, 4.69) is 181 Å². The zero-order valence-electron chi connectivity index (χ0n) is 74.2. The number of aromatic nitrogens is 5. The molecule has 0 unspecified atom stereocenters. The molecule has 23 heteroatoms. The standard InChI is InChI=1S/C26H33N3O3.C24H28N2O2.C23H25N3O.C20H22N2O2.C5H12N2O2.C2H3N/c1-5-26-12-8-13-28-14-11-19-18-9-6-7-10-20(18)29(23(19)24(26)28)21(16-26)22(30)15-17(2)25(31)27(3)32-4;1-3-24-10-6-11-25-12-9-18-17-7-4-5-8-19(17)26(22(18)23(24)25)20(14-24)21(28)13-16(2)15-27;1-3-23-10-6-11-25-12-9-17-16-7-4-5-8-18(16)26(20(17)21(23)25)19(13-23)22-24-15(2)14-27-22;1-2-20-9-5-10-21-11-8-14-13-6-3-4-7-15(13)22(17(14)18(20)21)16(12-20)19(23)24;1-4(6)5(8)7(2)9-3;1-2-3/h6-7,9-10,16-17,24H,5,8,11-15H2,1-4H3;4-5,7-8,14-16,23H,3,6,9-13H2,1-2H3;4-5,7-8,13-14,21H,3,6,9-12H2,1-2H3;3-4,6-7,12,18H,2,5,8-11H2,1H3,(H,23,24);4H,6H2,1-3H3;1H3/t17-,24-,26+;16-,23-,24+;21-,23+;18-,20+;4-;/m11110./s1. The molecule has 4 fully saturated rings. The number of fused-ring (bicyclic) bond motifs is 12. The molecule has 23 nitrogen and oxygen atoms in total. The number of nitrogens with two attached hydrogens (primary N) is 1. The van der Waals surface area contributed by atoms with Gasteiger partial charge >= 0.3 is 5.97 Å². The number of hydrogen-bond donors (Lipinski definition) is 2. The van der Waals surface area contributed by atoms with Crippen LogP contribution in [0.5, 0.6) is 0 Å². The number of likely N-dealkylation sites (N-methyl/N-ethyl adjacent to an activating group) is 1. The summed E-state index contributed by atoms with van der Waals surface area (Å²) in [6.45, 7) is 26.8. The number of allylic oxidation sites excluding steroid dienone is 2. The van der Waals surface area contributed by atoms with Gasteiger partial charge in [-0.05, 0) is 214 Å². The first kappa shape index (κ1) is 86.4. The van der Waals surface area contributed by atoms with Gasteiger partial charge in [0.2, 0.25) is 11.8 Å². The van der Waals surface area contributed by atoms with E-state index in [0.29, 0.717) is 29.9 Å². The minimum atomic E-state index is -0.812. The fraction of sp³-hybridized carbons (Fsp3) is 0.500. The van der Waals surface area contributed by atoms with Gasteiger partial charge in [-0.15, -0.1) is 0 Å². The van der Waals surface area contributed by atoms with Crippen molar-refractivity contribution in [1.82, 2.24) is 53.0 Å². The molecule has 4 aromatic carbocycles. The van der Waals surface area contributed by atoms with Crippen LogP contribution in [0.1, 0.15) is 226 Å². The van der Waals surface area contributed by atoms with Crippen LogP contribution < -0.4 is 5.73 Å². The molecule has 0 radical (unpaired) electrons. The fourth-order valence-corrected chi connectivity index (χ4v) is 24.0. The molecule has 4 saturated heterocycles. The number of benzene rings is 4. The third kappa shape index (κ3) is 14.5. The zero-order chi connectivity index (χ0) is 86.9. The molecule has 5 aromatic heterocycles. The largest absolute Gasteiger partial charge is 0.477 e. The van der Waals surface area contributed by atoms with E-state index in [0.717, 1.165) is 179 Å². The van der Waals surface area contributed by atoms with E-state index in [4.69, 9.17) is 25.2 Å². The highest BCUT2D eigenvalue weighted by Gasteiger charge is 2.56. The third-order valence-electron chi connectivity index (χ3n) is 29.8. The van der Waals surface area contributed by atoms with Crippen molar-refractivity contribution in [2.24, 2.45) is 39.2 Å². The highest BCUT2D eigenvalue weighted by molar-refractivity contribution is 6.19. The number of rotatable bonds is 17. The minimum Gasteiger partial charge on any atom is -0.477 e. The lowest BCUT2D eigenvalue weighted by molar-refractivity contribution is -0.173. The number of piperidine rings is 4. The lowest BCUT2D eigenvalue weighted by Gasteiger charge is -2.53. The number of nitriles is 1. The van der Waals surface area contributed by atoms with Crippen LogP contribution in [0.2, 0.25) is 0 Å². The molecule has 0 spiro atoms. The number of hydroxylamine groups is 4. The van der Waals surface area contributed by atoms with Crippen LogP contribution in [0.15, 0.2) is 132 Å². The number of carbonyl (C=O) groups excluding carboxylic acids is 5. The summed E-state index contributed by atoms with van der Waals surface area (Å²) in [7, 11) is 5.99. The maximum atomic E-state index is 13.8. The minimum absolute atomic E-state index is 0.0210. The molecule has 12 aliphatic rings.